The van der Waals surface area contributed by atoms with Crippen molar-refractivity contribution in [2.24, 2.45) is 0 Å². The van der Waals surface area contributed by atoms with Crippen LogP contribution in [0.1, 0.15) is 19.9 Å². The standard InChI is InChI=1S/C12H12BrF2N5OS/c1-6(2)20-12(17-18-19-20)22-5-10(21)16-11-8(13)3-7(14)4-9(11)15/h3-4,6H,5H2,1-2H3,(H,16,21). The van der Waals surface area contributed by atoms with Gasteiger partial charge in [-0.3, -0.25) is 4.79 Å². The van der Waals surface area contributed by atoms with Crippen molar-refractivity contribution in [3.8, 4) is 0 Å². The molecule has 0 fully saturated rings. The van der Waals surface area contributed by atoms with E-state index in [9.17, 15) is 13.6 Å². The van der Waals surface area contributed by atoms with Gasteiger partial charge in [0.2, 0.25) is 11.1 Å². The number of amides is 1. The Morgan fingerprint density at radius 3 is 2.82 bits per heavy atom. The highest BCUT2D eigenvalue weighted by Crippen LogP contribution is 2.27. The summed E-state index contributed by atoms with van der Waals surface area (Å²) in [6.07, 6.45) is 0. The highest BCUT2D eigenvalue weighted by atomic mass is 79.9. The molecule has 0 atom stereocenters. The second kappa shape index (κ2) is 7.14. The first-order valence-electron chi connectivity index (χ1n) is 6.23. The first kappa shape index (κ1) is 16.8. The summed E-state index contributed by atoms with van der Waals surface area (Å²) < 4.78 is 28.3. The molecule has 1 heterocycles. The van der Waals surface area contributed by atoms with Crippen LogP contribution < -0.4 is 5.32 Å². The number of nitrogens with one attached hydrogen (secondary N) is 1. The lowest BCUT2D eigenvalue weighted by atomic mass is 10.3. The Morgan fingerprint density at radius 2 is 2.18 bits per heavy atom. The van der Waals surface area contributed by atoms with Gasteiger partial charge in [-0.25, -0.2) is 13.5 Å². The predicted octanol–water partition coefficient (Wildman–Crippen LogP) is 3.03. The second-order valence-corrected chi connectivity index (χ2v) is 6.38. The number of tetrazole rings is 1. The summed E-state index contributed by atoms with van der Waals surface area (Å²) in [5, 5.41) is 14.0. The number of rotatable bonds is 5. The lowest BCUT2D eigenvalue weighted by Gasteiger charge is -2.09. The van der Waals surface area contributed by atoms with Crippen LogP contribution in [0.5, 0.6) is 0 Å². The SMILES string of the molecule is CC(C)n1nnnc1SCC(=O)Nc1c(F)cc(F)cc1Br. The van der Waals surface area contributed by atoms with Crippen molar-refractivity contribution >= 4 is 39.3 Å². The molecule has 10 heteroatoms. The maximum atomic E-state index is 13.6. The molecule has 2 aromatic rings. The molecule has 0 aliphatic heterocycles. The zero-order valence-electron chi connectivity index (χ0n) is 11.7. The number of nitrogens with zero attached hydrogens (tertiary/aromatic N) is 4. The fourth-order valence-electron chi connectivity index (χ4n) is 1.57. The minimum Gasteiger partial charge on any atom is -0.322 e. The third kappa shape index (κ3) is 4.01. The van der Waals surface area contributed by atoms with Crippen LogP contribution in [0.3, 0.4) is 0 Å². The Balaban J connectivity index is 2.01. The molecular formula is C12H12BrF2N5OS. The fourth-order valence-corrected chi connectivity index (χ4v) is 2.89. The first-order valence-corrected chi connectivity index (χ1v) is 8.01. The van der Waals surface area contributed by atoms with E-state index in [4.69, 9.17) is 0 Å². The van der Waals surface area contributed by atoms with E-state index in [0.29, 0.717) is 11.2 Å². The molecule has 1 N–H and O–H groups in total. The lowest BCUT2D eigenvalue weighted by molar-refractivity contribution is -0.113. The quantitative estimate of drug-likeness (QED) is 0.792. The molecule has 0 bridgehead atoms. The summed E-state index contributed by atoms with van der Waals surface area (Å²) in [6.45, 7) is 3.82. The number of benzene rings is 1. The van der Waals surface area contributed by atoms with Gasteiger partial charge in [0.05, 0.1) is 17.5 Å². The van der Waals surface area contributed by atoms with Gasteiger partial charge in [0.15, 0.2) is 5.82 Å². The molecule has 0 radical (unpaired) electrons. The van der Waals surface area contributed by atoms with Gasteiger partial charge in [-0.2, -0.15) is 0 Å². The third-order valence-electron chi connectivity index (χ3n) is 2.56. The number of anilines is 1. The molecule has 6 nitrogen and oxygen atoms in total. The van der Waals surface area contributed by atoms with Crippen molar-refractivity contribution in [3.63, 3.8) is 0 Å². The van der Waals surface area contributed by atoms with E-state index in [1.54, 1.807) is 4.68 Å². The molecule has 118 valence electrons. The second-order valence-electron chi connectivity index (χ2n) is 4.58. The molecule has 0 aliphatic carbocycles. The zero-order valence-corrected chi connectivity index (χ0v) is 14.1. The van der Waals surface area contributed by atoms with E-state index in [-0.39, 0.29) is 22.0 Å². The number of halogens is 3. The first-order chi connectivity index (χ1) is 10.4. The lowest BCUT2D eigenvalue weighted by Crippen LogP contribution is -2.16. The smallest absolute Gasteiger partial charge is 0.234 e. The third-order valence-corrected chi connectivity index (χ3v) is 4.11. The average Bonchev–Trinajstić information content (AvgIpc) is 2.89. The van der Waals surface area contributed by atoms with Crippen molar-refractivity contribution in [1.82, 2.24) is 20.2 Å². The van der Waals surface area contributed by atoms with Gasteiger partial charge >= 0.3 is 0 Å². The van der Waals surface area contributed by atoms with Crippen LogP contribution in [0.15, 0.2) is 21.8 Å². The molecule has 0 aliphatic rings. The highest BCUT2D eigenvalue weighted by molar-refractivity contribution is 9.10. The van der Waals surface area contributed by atoms with Crippen LogP contribution in [0.25, 0.3) is 0 Å². The van der Waals surface area contributed by atoms with Crippen molar-refractivity contribution in [3.05, 3.63) is 28.2 Å². The number of carbonyl (C=O) groups excluding carboxylic acids is 1. The number of hydrogen-bond donors (Lipinski definition) is 1. The Kier molecular flexibility index (Phi) is 5.46. The van der Waals surface area contributed by atoms with Gasteiger partial charge < -0.3 is 5.32 Å². The molecule has 1 amide bonds. The molecule has 1 aromatic carbocycles. The van der Waals surface area contributed by atoms with Crippen LogP contribution in [-0.4, -0.2) is 31.9 Å². The van der Waals surface area contributed by atoms with Crippen LogP contribution >= 0.6 is 27.7 Å². The van der Waals surface area contributed by atoms with Crippen molar-refractivity contribution in [2.45, 2.75) is 25.0 Å². The highest BCUT2D eigenvalue weighted by Gasteiger charge is 2.15. The number of hydrogen-bond acceptors (Lipinski definition) is 5. The van der Waals surface area contributed by atoms with E-state index in [0.717, 1.165) is 17.8 Å². The van der Waals surface area contributed by atoms with Crippen molar-refractivity contribution in [2.75, 3.05) is 11.1 Å². The monoisotopic (exact) mass is 391 g/mol. The summed E-state index contributed by atoms with van der Waals surface area (Å²) in [5.74, 6) is -2.03. The molecule has 0 saturated heterocycles. The van der Waals surface area contributed by atoms with Gasteiger partial charge in [0.1, 0.15) is 5.82 Å². The molecule has 0 saturated carbocycles. The van der Waals surface area contributed by atoms with Crippen LogP contribution in [0.4, 0.5) is 14.5 Å². The van der Waals surface area contributed by atoms with E-state index in [2.05, 4.69) is 36.8 Å². The largest absolute Gasteiger partial charge is 0.322 e. The Bertz CT molecular complexity index is 671. The molecular weight excluding hydrogens is 380 g/mol. The summed E-state index contributed by atoms with van der Waals surface area (Å²) in [6, 6.07) is 1.84. The van der Waals surface area contributed by atoms with Gasteiger partial charge in [-0.1, -0.05) is 11.8 Å². The van der Waals surface area contributed by atoms with Crippen LogP contribution in [0, 0.1) is 11.6 Å². The zero-order chi connectivity index (χ0) is 16.3. The summed E-state index contributed by atoms with van der Waals surface area (Å²) in [7, 11) is 0. The van der Waals surface area contributed by atoms with E-state index >= 15 is 0 Å². The van der Waals surface area contributed by atoms with E-state index in [1.165, 1.54) is 0 Å². The number of carbonyl (C=O) groups is 1. The van der Waals surface area contributed by atoms with Crippen molar-refractivity contribution < 1.29 is 13.6 Å². The Morgan fingerprint density at radius 1 is 1.45 bits per heavy atom. The summed E-state index contributed by atoms with van der Waals surface area (Å²) >= 11 is 4.14. The Labute approximate surface area is 137 Å². The van der Waals surface area contributed by atoms with Gasteiger partial charge in [-0.05, 0) is 46.3 Å². The predicted molar refractivity (Wildman–Crippen MR) is 81.6 cm³/mol. The maximum absolute atomic E-state index is 13.6. The van der Waals surface area contributed by atoms with Crippen LogP contribution in [-0.2, 0) is 4.79 Å². The van der Waals surface area contributed by atoms with Gasteiger partial charge in [-0.15, -0.1) is 5.10 Å². The van der Waals surface area contributed by atoms with E-state index in [1.807, 2.05) is 13.8 Å². The molecule has 1 aromatic heterocycles. The molecule has 2 rings (SSSR count). The topological polar surface area (TPSA) is 72.7 Å². The Hall–Kier alpha value is -1.55. The van der Waals surface area contributed by atoms with Crippen molar-refractivity contribution in [1.29, 1.82) is 0 Å². The number of aromatic nitrogens is 4. The fraction of sp³-hybridized carbons (Fsp3) is 0.333. The summed E-state index contributed by atoms with van der Waals surface area (Å²) in [4.78, 5) is 11.9. The average molecular weight is 392 g/mol. The minimum atomic E-state index is -0.850. The van der Waals surface area contributed by atoms with Gasteiger partial charge in [0.25, 0.3) is 0 Å². The number of thioether (sulfide) groups is 1. The van der Waals surface area contributed by atoms with Gasteiger partial charge in [0, 0.05) is 10.5 Å². The van der Waals surface area contributed by atoms with Crippen LogP contribution in [0.2, 0.25) is 0 Å². The molecule has 0 unspecified atom stereocenters. The minimum absolute atomic E-state index is 0.00362. The molecule has 0 spiro atoms. The summed E-state index contributed by atoms with van der Waals surface area (Å²) in [5.41, 5.74) is -0.101. The van der Waals surface area contributed by atoms with E-state index < -0.39 is 17.5 Å². The molecule has 22 heavy (non-hydrogen) atoms. The normalized spacial score (nSPS) is 11.0. The maximum Gasteiger partial charge on any atom is 0.234 e.